The van der Waals surface area contributed by atoms with E-state index in [4.69, 9.17) is 9.47 Å². The summed E-state index contributed by atoms with van der Waals surface area (Å²) < 4.78 is 11.1. The topological polar surface area (TPSA) is 103 Å². The van der Waals surface area contributed by atoms with Crippen molar-refractivity contribution in [2.75, 3.05) is 6.61 Å². The van der Waals surface area contributed by atoms with Crippen molar-refractivity contribution in [3.05, 3.63) is 96.1 Å². The lowest BCUT2D eigenvalue weighted by Gasteiger charge is -2.11. The number of carbonyl (C=O) groups is 2. The summed E-state index contributed by atoms with van der Waals surface area (Å²) in [5, 5.41) is 5.78. The molecule has 4 rings (SSSR count). The van der Waals surface area contributed by atoms with E-state index in [-0.39, 0.29) is 5.69 Å². The van der Waals surface area contributed by atoms with Gasteiger partial charge in [-0.1, -0.05) is 30.3 Å². The summed E-state index contributed by atoms with van der Waals surface area (Å²) >= 11 is 0. The molecule has 0 aliphatic rings. The van der Waals surface area contributed by atoms with Crippen molar-refractivity contribution in [1.29, 1.82) is 0 Å². The number of ether oxygens (including phenoxy) is 2. The number of esters is 1. The zero-order valence-corrected chi connectivity index (χ0v) is 17.8. The summed E-state index contributed by atoms with van der Waals surface area (Å²) in [5.74, 6) is -0.0457. The lowest BCUT2D eigenvalue weighted by molar-refractivity contribution is 0.0734. The minimum atomic E-state index is -0.522. The van der Waals surface area contributed by atoms with Gasteiger partial charge in [0.05, 0.1) is 24.6 Å². The molecule has 4 aromatic rings. The SMILES string of the molecule is CCOc1ccc(C(=O)Oc2ccc3ccccc3c2C=NNC(=O)c2cnccn2)cc1. The molecule has 0 radical (unpaired) electrons. The Kier molecular flexibility index (Phi) is 6.65. The second kappa shape index (κ2) is 10.1. The highest BCUT2D eigenvalue weighted by Gasteiger charge is 2.14. The van der Waals surface area contributed by atoms with E-state index < -0.39 is 11.9 Å². The molecule has 0 saturated carbocycles. The summed E-state index contributed by atoms with van der Waals surface area (Å²) in [5.41, 5.74) is 3.48. The van der Waals surface area contributed by atoms with Crippen LogP contribution >= 0.6 is 0 Å². The maximum atomic E-state index is 12.7. The van der Waals surface area contributed by atoms with Crippen molar-refractivity contribution < 1.29 is 19.1 Å². The number of nitrogens with one attached hydrogen (secondary N) is 1. The first-order chi connectivity index (χ1) is 16.2. The predicted octanol–water partition coefficient (Wildman–Crippen LogP) is 4.01. The number of fused-ring (bicyclic) bond motifs is 1. The van der Waals surface area contributed by atoms with Crippen LogP contribution in [0.4, 0.5) is 0 Å². The Morgan fingerprint density at radius 3 is 2.61 bits per heavy atom. The number of hydrogen-bond acceptors (Lipinski definition) is 7. The van der Waals surface area contributed by atoms with Crippen LogP contribution in [-0.2, 0) is 0 Å². The summed E-state index contributed by atoms with van der Waals surface area (Å²) in [6.45, 7) is 2.43. The zero-order valence-electron chi connectivity index (χ0n) is 17.8. The van der Waals surface area contributed by atoms with Gasteiger partial charge < -0.3 is 9.47 Å². The van der Waals surface area contributed by atoms with Crippen molar-refractivity contribution in [2.45, 2.75) is 6.92 Å². The van der Waals surface area contributed by atoms with Gasteiger partial charge in [-0.05, 0) is 48.0 Å². The molecule has 1 heterocycles. The molecule has 0 saturated heterocycles. The van der Waals surface area contributed by atoms with Crippen LogP contribution in [-0.4, -0.2) is 34.7 Å². The Balaban J connectivity index is 1.59. The Bertz CT molecular complexity index is 1310. The molecular formula is C25H20N4O4. The third-order valence-corrected chi connectivity index (χ3v) is 4.69. The van der Waals surface area contributed by atoms with Crippen molar-refractivity contribution in [3.63, 3.8) is 0 Å². The largest absolute Gasteiger partial charge is 0.494 e. The van der Waals surface area contributed by atoms with Crippen molar-refractivity contribution >= 4 is 28.9 Å². The summed E-state index contributed by atoms with van der Waals surface area (Å²) in [4.78, 5) is 32.7. The van der Waals surface area contributed by atoms with Gasteiger partial charge in [0.25, 0.3) is 5.91 Å². The lowest BCUT2D eigenvalue weighted by Crippen LogP contribution is -2.19. The Labute approximate surface area is 189 Å². The number of carbonyl (C=O) groups excluding carboxylic acids is 2. The molecule has 3 aromatic carbocycles. The predicted molar refractivity (Wildman–Crippen MR) is 124 cm³/mol. The van der Waals surface area contributed by atoms with Gasteiger partial charge in [-0.15, -0.1) is 0 Å². The molecule has 0 aliphatic carbocycles. The fourth-order valence-corrected chi connectivity index (χ4v) is 3.14. The van der Waals surface area contributed by atoms with Crippen LogP contribution < -0.4 is 14.9 Å². The van der Waals surface area contributed by atoms with Gasteiger partial charge >= 0.3 is 5.97 Å². The molecule has 1 aromatic heterocycles. The number of hydrogen-bond donors (Lipinski definition) is 1. The molecule has 0 atom stereocenters. The van der Waals surface area contributed by atoms with Gasteiger partial charge in [0.2, 0.25) is 0 Å². The van der Waals surface area contributed by atoms with Crippen LogP contribution in [0.5, 0.6) is 11.5 Å². The molecule has 164 valence electrons. The van der Waals surface area contributed by atoms with E-state index in [9.17, 15) is 9.59 Å². The lowest BCUT2D eigenvalue weighted by atomic mass is 10.0. The second-order valence-electron chi connectivity index (χ2n) is 6.84. The van der Waals surface area contributed by atoms with Crippen LogP contribution in [0.3, 0.4) is 0 Å². The third-order valence-electron chi connectivity index (χ3n) is 4.69. The molecule has 1 N–H and O–H groups in total. The first kappa shape index (κ1) is 21.6. The van der Waals surface area contributed by atoms with E-state index in [1.54, 1.807) is 30.3 Å². The molecule has 1 amide bonds. The summed E-state index contributed by atoms with van der Waals surface area (Å²) in [7, 11) is 0. The van der Waals surface area contributed by atoms with Gasteiger partial charge in [0, 0.05) is 18.0 Å². The van der Waals surface area contributed by atoms with E-state index in [0.717, 1.165) is 10.8 Å². The van der Waals surface area contributed by atoms with E-state index >= 15 is 0 Å². The van der Waals surface area contributed by atoms with Crippen LogP contribution in [0.25, 0.3) is 10.8 Å². The smallest absolute Gasteiger partial charge is 0.343 e. The molecular weight excluding hydrogens is 420 g/mol. The van der Waals surface area contributed by atoms with Gasteiger partial charge in [0.1, 0.15) is 17.2 Å². The first-order valence-corrected chi connectivity index (χ1v) is 10.2. The fourth-order valence-electron chi connectivity index (χ4n) is 3.14. The molecule has 0 bridgehead atoms. The maximum Gasteiger partial charge on any atom is 0.343 e. The van der Waals surface area contributed by atoms with Crippen LogP contribution in [0, 0.1) is 0 Å². The van der Waals surface area contributed by atoms with Crippen LogP contribution in [0.15, 0.2) is 84.4 Å². The second-order valence-corrected chi connectivity index (χ2v) is 6.84. The Hall–Kier alpha value is -4.59. The number of aromatic nitrogens is 2. The quantitative estimate of drug-likeness (QED) is 0.202. The molecule has 0 aliphatic heterocycles. The average Bonchev–Trinajstić information content (AvgIpc) is 2.86. The van der Waals surface area contributed by atoms with E-state index in [1.165, 1.54) is 24.8 Å². The average molecular weight is 440 g/mol. The van der Waals surface area contributed by atoms with Crippen molar-refractivity contribution in [2.24, 2.45) is 5.10 Å². The number of rotatable bonds is 7. The Morgan fingerprint density at radius 1 is 1.03 bits per heavy atom. The van der Waals surface area contributed by atoms with Crippen LogP contribution in [0.1, 0.15) is 33.3 Å². The highest BCUT2D eigenvalue weighted by molar-refractivity contribution is 6.04. The highest BCUT2D eigenvalue weighted by Crippen LogP contribution is 2.27. The normalized spacial score (nSPS) is 10.8. The van der Waals surface area contributed by atoms with Crippen molar-refractivity contribution in [1.82, 2.24) is 15.4 Å². The molecule has 8 nitrogen and oxygen atoms in total. The van der Waals surface area contributed by atoms with E-state index in [1.807, 2.05) is 37.3 Å². The van der Waals surface area contributed by atoms with Crippen molar-refractivity contribution in [3.8, 4) is 11.5 Å². The van der Waals surface area contributed by atoms with E-state index in [2.05, 4.69) is 20.5 Å². The number of amides is 1. The summed E-state index contributed by atoms with van der Waals surface area (Å²) in [6.07, 6.45) is 5.67. The molecule has 0 spiro atoms. The minimum Gasteiger partial charge on any atom is -0.494 e. The van der Waals surface area contributed by atoms with Crippen LogP contribution in [0.2, 0.25) is 0 Å². The number of benzene rings is 3. The monoisotopic (exact) mass is 440 g/mol. The number of hydrazone groups is 1. The van der Waals surface area contributed by atoms with Gasteiger partial charge in [0.15, 0.2) is 0 Å². The standard InChI is InChI=1S/C25H20N4O4/c1-2-32-19-10-7-18(8-11-19)25(31)33-23-12-9-17-5-3-4-6-20(17)21(23)15-28-29-24(30)22-16-26-13-14-27-22/h3-16H,2H2,1H3,(H,29,30). The zero-order chi connectivity index (χ0) is 23.0. The molecule has 8 heteroatoms. The van der Waals surface area contributed by atoms with Gasteiger partial charge in [-0.25, -0.2) is 15.2 Å². The molecule has 0 fully saturated rings. The summed E-state index contributed by atoms with van der Waals surface area (Å²) in [6, 6.07) is 17.9. The highest BCUT2D eigenvalue weighted by atomic mass is 16.5. The third kappa shape index (κ3) is 5.19. The molecule has 33 heavy (non-hydrogen) atoms. The first-order valence-electron chi connectivity index (χ1n) is 10.2. The van der Waals surface area contributed by atoms with E-state index in [0.29, 0.717) is 29.2 Å². The maximum absolute atomic E-state index is 12.7. The van der Waals surface area contributed by atoms with Gasteiger partial charge in [-0.3, -0.25) is 9.78 Å². The Morgan fingerprint density at radius 2 is 1.85 bits per heavy atom. The minimum absolute atomic E-state index is 0.134. The molecule has 0 unspecified atom stereocenters. The van der Waals surface area contributed by atoms with Gasteiger partial charge in [-0.2, -0.15) is 5.10 Å². The fraction of sp³-hybridized carbons (Fsp3) is 0.0800. The number of nitrogens with zero attached hydrogens (tertiary/aromatic N) is 3.